The SMILES string of the molecule is C#CC(C)N=C(CC)SCCNc1ncnc(Cl)c1C.CC.CC.CCCC.CSC.OCCOc1ccc2cccnc2n1. The molecule has 0 amide bonds. The zero-order valence-electron chi connectivity index (χ0n) is 29.4. The summed E-state index contributed by atoms with van der Waals surface area (Å²) in [5, 5.41) is 14.4. The van der Waals surface area contributed by atoms with Gasteiger partial charge < -0.3 is 15.2 Å². The molecule has 8 nitrogen and oxygen atoms in total. The van der Waals surface area contributed by atoms with Gasteiger partial charge in [-0.1, -0.05) is 78.8 Å². The Kier molecular flexibility index (Phi) is 35.7. The molecule has 0 radical (unpaired) electrons. The van der Waals surface area contributed by atoms with Gasteiger partial charge in [-0.2, -0.15) is 16.7 Å². The van der Waals surface area contributed by atoms with E-state index in [0.29, 0.717) is 16.7 Å². The van der Waals surface area contributed by atoms with Gasteiger partial charge in [0, 0.05) is 35.5 Å². The lowest BCUT2D eigenvalue weighted by Crippen LogP contribution is -2.09. The normalized spacial score (nSPS) is 10.3. The largest absolute Gasteiger partial charge is 0.475 e. The fraction of sp³-hybridized carbons (Fsp3) is 0.559. The minimum absolute atomic E-state index is 0.0120. The van der Waals surface area contributed by atoms with Crippen molar-refractivity contribution in [3.05, 3.63) is 47.5 Å². The third kappa shape index (κ3) is 24.3. The number of ether oxygens (including phenoxy) is 1. The van der Waals surface area contributed by atoms with Gasteiger partial charge in [-0.15, -0.1) is 18.2 Å². The Bertz CT molecular complexity index is 1180. The smallest absolute Gasteiger partial charge is 0.215 e. The van der Waals surface area contributed by atoms with Gasteiger partial charge in [0.2, 0.25) is 5.88 Å². The van der Waals surface area contributed by atoms with Crippen LogP contribution in [0, 0.1) is 19.3 Å². The average molecular weight is 681 g/mol. The number of hydrogen-bond acceptors (Lipinski definition) is 10. The van der Waals surface area contributed by atoms with Gasteiger partial charge in [-0.3, -0.25) is 4.99 Å². The van der Waals surface area contributed by atoms with E-state index >= 15 is 0 Å². The molecule has 3 aromatic heterocycles. The number of nitrogens with one attached hydrogen (secondary N) is 1. The molecule has 254 valence electrons. The molecule has 0 aliphatic carbocycles. The van der Waals surface area contributed by atoms with Crippen molar-refractivity contribution < 1.29 is 9.84 Å². The Labute approximate surface area is 287 Å². The molecule has 11 heteroatoms. The van der Waals surface area contributed by atoms with Crippen LogP contribution in [0.4, 0.5) is 5.82 Å². The first-order chi connectivity index (χ1) is 21.8. The van der Waals surface area contributed by atoms with Crippen molar-refractivity contribution in [1.82, 2.24) is 19.9 Å². The van der Waals surface area contributed by atoms with Crippen molar-refractivity contribution in [3.63, 3.8) is 0 Å². The van der Waals surface area contributed by atoms with E-state index in [1.54, 1.807) is 35.8 Å². The van der Waals surface area contributed by atoms with Crippen LogP contribution < -0.4 is 10.1 Å². The van der Waals surface area contributed by atoms with E-state index in [1.165, 1.54) is 19.2 Å². The lowest BCUT2D eigenvalue weighted by atomic mass is 10.3. The van der Waals surface area contributed by atoms with E-state index in [9.17, 15) is 0 Å². The Morgan fingerprint density at radius 2 is 1.73 bits per heavy atom. The highest BCUT2D eigenvalue weighted by molar-refractivity contribution is 8.13. The molecule has 1 atom stereocenters. The predicted octanol–water partition coefficient (Wildman–Crippen LogP) is 9.25. The molecule has 0 bridgehead atoms. The van der Waals surface area contributed by atoms with E-state index in [4.69, 9.17) is 27.9 Å². The van der Waals surface area contributed by atoms with Gasteiger partial charge in [-0.25, -0.2) is 15.0 Å². The molecule has 0 saturated carbocycles. The second-order valence-corrected chi connectivity index (χ2v) is 10.7. The monoisotopic (exact) mass is 680 g/mol. The van der Waals surface area contributed by atoms with Gasteiger partial charge in [0.15, 0.2) is 5.65 Å². The molecular formula is C34H57ClN6O2S2. The summed E-state index contributed by atoms with van der Waals surface area (Å²) in [6.07, 6.45) is 16.1. The minimum Gasteiger partial charge on any atom is -0.475 e. The maximum atomic E-state index is 8.57. The first-order valence-corrected chi connectivity index (χ1v) is 18.5. The summed E-state index contributed by atoms with van der Waals surface area (Å²) in [6.45, 7) is 19.3. The summed E-state index contributed by atoms with van der Waals surface area (Å²) < 4.78 is 5.16. The molecule has 1 unspecified atom stereocenters. The molecule has 3 heterocycles. The molecule has 0 aliphatic heterocycles. The Morgan fingerprint density at radius 3 is 2.29 bits per heavy atom. The quantitative estimate of drug-likeness (QED) is 0.0712. The van der Waals surface area contributed by atoms with Gasteiger partial charge in [0.1, 0.15) is 29.9 Å². The Balaban J connectivity index is -0.000000609. The summed E-state index contributed by atoms with van der Waals surface area (Å²) in [5.74, 6) is 4.77. The van der Waals surface area contributed by atoms with E-state index in [2.05, 4.69) is 56.9 Å². The predicted molar refractivity (Wildman–Crippen MR) is 204 cm³/mol. The first-order valence-electron chi connectivity index (χ1n) is 15.5. The van der Waals surface area contributed by atoms with Crippen LogP contribution in [0.5, 0.6) is 5.88 Å². The molecule has 3 aromatic rings. The van der Waals surface area contributed by atoms with Crippen LogP contribution >= 0.6 is 35.1 Å². The van der Waals surface area contributed by atoms with E-state index in [0.717, 1.165) is 40.5 Å². The third-order valence-electron chi connectivity index (χ3n) is 4.85. The van der Waals surface area contributed by atoms with E-state index in [1.807, 2.05) is 72.3 Å². The van der Waals surface area contributed by atoms with Crippen molar-refractivity contribution >= 4 is 57.0 Å². The minimum atomic E-state index is -0.0617. The third-order valence-corrected chi connectivity index (χ3v) is 6.36. The molecule has 3 rings (SSSR count). The first kappa shape index (κ1) is 46.8. The number of unbranched alkanes of at least 4 members (excludes halogenated alkanes) is 1. The van der Waals surface area contributed by atoms with E-state index < -0.39 is 0 Å². The number of aliphatic imine (C=N–C) groups is 1. The zero-order valence-corrected chi connectivity index (χ0v) is 31.7. The number of halogens is 1. The fourth-order valence-corrected chi connectivity index (χ4v) is 3.60. The summed E-state index contributed by atoms with van der Waals surface area (Å²) in [6, 6.07) is 7.39. The number of aromatic nitrogens is 4. The van der Waals surface area contributed by atoms with Gasteiger partial charge >= 0.3 is 0 Å². The highest BCUT2D eigenvalue weighted by Gasteiger charge is 2.05. The van der Waals surface area contributed by atoms with Gasteiger partial charge in [0.25, 0.3) is 0 Å². The van der Waals surface area contributed by atoms with Crippen LogP contribution in [-0.2, 0) is 0 Å². The maximum absolute atomic E-state index is 8.57. The Morgan fingerprint density at radius 1 is 1.09 bits per heavy atom. The molecule has 0 saturated heterocycles. The molecule has 0 aromatic carbocycles. The highest BCUT2D eigenvalue weighted by Crippen LogP contribution is 2.18. The van der Waals surface area contributed by atoms with Crippen LogP contribution in [0.3, 0.4) is 0 Å². The lowest BCUT2D eigenvalue weighted by molar-refractivity contribution is 0.197. The standard InChI is InChI=1S/C14H19ClN4S.C10H10N2O2.C4H10.C2H6S.2C2H6/c1-5-10(3)19-12(6-2)20-8-7-16-14-11(4)13(15)17-9-18-14;13-6-7-14-9-4-3-8-2-1-5-11-10(8)12-9;1-3-4-2;1-3-2;2*1-2/h1,9-10H,6-8H2,2-4H3,(H,16,17,18);1-5,13H,6-7H2;3-4H2,1-2H3;1-2H3;2*1-2H3. The lowest BCUT2D eigenvalue weighted by Gasteiger charge is -2.09. The molecule has 2 N–H and O–H groups in total. The second kappa shape index (κ2) is 34.3. The van der Waals surface area contributed by atoms with Crippen molar-refractivity contribution in [3.8, 4) is 18.2 Å². The fourth-order valence-electron chi connectivity index (χ4n) is 2.60. The topological polar surface area (TPSA) is 105 Å². The van der Waals surface area contributed by atoms with Crippen LogP contribution in [0.2, 0.25) is 5.15 Å². The number of rotatable bonds is 10. The van der Waals surface area contributed by atoms with Crippen molar-refractivity contribution in [2.75, 3.05) is 43.3 Å². The van der Waals surface area contributed by atoms with Crippen molar-refractivity contribution in [2.45, 2.75) is 87.6 Å². The van der Waals surface area contributed by atoms with Crippen molar-refractivity contribution in [1.29, 1.82) is 0 Å². The number of aliphatic hydroxyl groups excluding tert-OH is 1. The number of anilines is 1. The van der Waals surface area contributed by atoms with E-state index in [-0.39, 0.29) is 19.3 Å². The second-order valence-electron chi connectivity index (χ2n) is 8.31. The van der Waals surface area contributed by atoms with Crippen LogP contribution in [0.25, 0.3) is 11.0 Å². The summed E-state index contributed by atoms with van der Waals surface area (Å²) in [7, 11) is 0. The number of fused-ring (bicyclic) bond motifs is 1. The molecule has 0 spiro atoms. The number of aliphatic hydroxyl groups is 1. The van der Waals surface area contributed by atoms with Crippen molar-refractivity contribution in [2.24, 2.45) is 4.99 Å². The number of thioether (sulfide) groups is 2. The molecule has 0 fully saturated rings. The van der Waals surface area contributed by atoms with Crippen LogP contribution in [-0.4, -0.2) is 74.2 Å². The Hall–Kier alpha value is -2.58. The van der Waals surface area contributed by atoms with Crippen LogP contribution in [0.15, 0.2) is 41.8 Å². The van der Waals surface area contributed by atoms with Gasteiger partial charge in [0.05, 0.1) is 11.7 Å². The average Bonchev–Trinajstić information content (AvgIpc) is 3.09. The number of terminal acetylenes is 1. The molecule has 45 heavy (non-hydrogen) atoms. The number of nitrogens with zero attached hydrogens (tertiary/aromatic N) is 5. The van der Waals surface area contributed by atoms with Crippen LogP contribution in [0.1, 0.15) is 80.2 Å². The van der Waals surface area contributed by atoms with Gasteiger partial charge in [-0.05, 0) is 51.0 Å². The number of pyridine rings is 2. The highest BCUT2D eigenvalue weighted by atomic mass is 35.5. The summed E-state index contributed by atoms with van der Waals surface area (Å²) in [5.41, 5.74) is 1.52. The number of hydrogen-bond donors (Lipinski definition) is 2. The zero-order chi connectivity index (χ0) is 34.9. The maximum Gasteiger partial charge on any atom is 0.215 e. The molecular weight excluding hydrogens is 624 g/mol. The molecule has 0 aliphatic rings. The summed E-state index contributed by atoms with van der Waals surface area (Å²) >= 11 is 9.40. The summed E-state index contributed by atoms with van der Waals surface area (Å²) in [4.78, 5) is 20.8.